The van der Waals surface area contributed by atoms with Gasteiger partial charge in [-0.25, -0.2) is 13.1 Å². The van der Waals surface area contributed by atoms with Crippen LogP contribution in [0.25, 0.3) is 0 Å². The molecule has 2 aromatic rings. The molecule has 1 fully saturated rings. The fraction of sp³-hybridized carbons (Fsp3) is 0.471. The Bertz CT molecular complexity index is 850. The summed E-state index contributed by atoms with van der Waals surface area (Å²) in [5, 5.41) is 4.02. The van der Waals surface area contributed by atoms with E-state index in [1.54, 1.807) is 41.2 Å². The summed E-state index contributed by atoms with van der Waals surface area (Å²) >= 11 is 0. The number of carbonyl (C=O) groups is 1. The predicted molar refractivity (Wildman–Crippen MR) is 96.7 cm³/mol. The molecule has 0 radical (unpaired) electrons. The SMILES string of the molecule is Cn1cc(C(=O)N2CCC[C@@H](CS(=O)(=O)NCc3ccccn3)C2)cn1. The van der Waals surface area contributed by atoms with E-state index in [2.05, 4.69) is 14.8 Å². The molecule has 1 aliphatic heterocycles. The lowest BCUT2D eigenvalue weighted by Crippen LogP contribution is -2.43. The fourth-order valence-corrected chi connectivity index (χ4v) is 4.53. The maximum absolute atomic E-state index is 12.5. The maximum Gasteiger partial charge on any atom is 0.257 e. The molecule has 140 valence electrons. The molecule has 0 saturated carbocycles. The third-order valence-corrected chi connectivity index (χ3v) is 5.91. The normalized spacial score (nSPS) is 18.0. The molecule has 1 atom stereocenters. The number of hydrogen-bond donors (Lipinski definition) is 1. The summed E-state index contributed by atoms with van der Waals surface area (Å²) in [5.41, 5.74) is 1.21. The minimum Gasteiger partial charge on any atom is -0.338 e. The van der Waals surface area contributed by atoms with Crippen LogP contribution in [0.4, 0.5) is 0 Å². The molecule has 0 bridgehead atoms. The van der Waals surface area contributed by atoms with Gasteiger partial charge in [0.05, 0.1) is 29.8 Å². The summed E-state index contributed by atoms with van der Waals surface area (Å²) in [7, 11) is -1.67. The van der Waals surface area contributed by atoms with Crippen molar-refractivity contribution in [3.05, 3.63) is 48.0 Å². The van der Waals surface area contributed by atoms with Gasteiger partial charge in [-0.1, -0.05) is 6.07 Å². The lowest BCUT2D eigenvalue weighted by Gasteiger charge is -2.32. The molecule has 9 heteroatoms. The number of piperidine rings is 1. The zero-order valence-electron chi connectivity index (χ0n) is 14.7. The van der Waals surface area contributed by atoms with Gasteiger partial charge in [0.2, 0.25) is 10.0 Å². The first kappa shape index (κ1) is 18.5. The van der Waals surface area contributed by atoms with E-state index in [0.29, 0.717) is 24.3 Å². The van der Waals surface area contributed by atoms with Gasteiger partial charge < -0.3 is 4.90 Å². The largest absolute Gasteiger partial charge is 0.338 e. The van der Waals surface area contributed by atoms with E-state index in [-0.39, 0.29) is 24.1 Å². The van der Waals surface area contributed by atoms with Crippen LogP contribution >= 0.6 is 0 Å². The smallest absolute Gasteiger partial charge is 0.257 e. The van der Waals surface area contributed by atoms with Crippen molar-refractivity contribution in [2.24, 2.45) is 13.0 Å². The molecule has 0 aliphatic carbocycles. The highest BCUT2D eigenvalue weighted by atomic mass is 32.2. The molecule has 1 amide bonds. The highest BCUT2D eigenvalue weighted by molar-refractivity contribution is 7.89. The maximum atomic E-state index is 12.5. The molecular weight excluding hydrogens is 354 g/mol. The number of aromatic nitrogens is 3. The summed E-state index contributed by atoms with van der Waals surface area (Å²) in [6, 6.07) is 5.38. The molecule has 3 rings (SSSR count). The van der Waals surface area contributed by atoms with Gasteiger partial charge in [-0.2, -0.15) is 5.10 Å². The van der Waals surface area contributed by atoms with Gasteiger partial charge in [0.1, 0.15) is 0 Å². The number of likely N-dealkylation sites (tertiary alicyclic amines) is 1. The topological polar surface area (TPSA) is 97.2 Å². The standard InChI is InChI=1S/C17H23N5O3S/c1-21-12-15(9-19-21)17(23)22-8-4-5-14(11-22)13-26(24,25)20-10-16-6-2-3-7-18-16/h2-3,6-7,9,12,14,20H,4-5,8,10-11,13H2,1H3/t14-/m1/s1. The van der Waals surface area contributed by atoms with Crippen LogP contribution in [0.3, 0.4) is 0 Å². The summed E-state index contributed by atoms with van der Waals surface area (Å²) in [6.45, 7) is 1.26. The van der Waals surface area contributed by atoms with Crippen molar-refractivity contribution in [2.45, 2.75) is 19.4 Å². The second kappa shape index (κ2) is 7.96. The molecular formula is C17H23N5O3S. The predicted octanol–water partition coefficient (Wildman–Crippen LogP) is 0.787. The average Bonchev–Trinajstić information content (AvgIpc) is 3.07. The molecule has 2 aromatic heterocycles. The van der Waals surface area contributed by atoms with Crippen molar-refractivity contribution in [1.82, 2.24) is 24.4 Å². The first-order valence-electron chi connectivity index (χ1n) is 8.58. The summed E-state index contributed by atoms with van der Waals surface area (Å²) < 4.78 is 28.9. The van der Waals surface area contributed by atoms with E-state index in [1.807, 2.05) is 6.07 Å². The van der Waals surface area contributed by atoms with Gasteiger partial charge in [0, 0.05) is 32.5 Å². The minimum atomic E-state index is -3.43. The summed E-state index contributed by atoms with van der Waals surface area (Å²) in [4.78, 5) is 18.4. The fourth-order valence-electron chi connectivity index (χ4n) is 3.16. The van der Waals surface area contributed by atoms with Gasteiger partial charge in [0.15, 0.2) is 0 Å². The van der Waals surface area contributed by atoms with E-state index in [4.69, 9.17) is 0 Å². The molecule has 3 heterocycles. The van der Waals surface area contributed by atoms with Crippen molar-refractivity contribution < 1.29 is 13.2 Å². The number of sulfonamides is 1. The Labute approximate surface area is 153 Å². The van der Waals surface area contributed by atoms with Gasteiger partial charge >= 0.3 is 0 Å². The van der Waals surface area contributed by atoms with Crippen molar-refractivity contribution >= 4 is 15.9 Å². The number of aryl methyl sites for hydroxylation is 1. The van der Waals surface area contributed by atoms with Gasteiger partial charge in [-0.3, -0.25) is 14.5 Å². The molecule has 0 unspecified atom stereocenters. The van der Waals surface area contributed by atoms with Crippen molar-refractivity contribution in [3.8, 4) is 0 Å². The van der Waals surface area contributed by atoms with Crippen molar-refractivity contribution in [1.29, 1.82) is 0 Å². The first-order chi connectivity index (χ1) is 12.4. The lowest BCUT2D eigenvalue weighted by atomic mass is 9.99. The lowest BCUT2D eigenvalue weighted by molar-refractivity contribution is 0.0684. The van der Waals surface area contributed by atoms with E-state index < -0.39 is 10.0 Å². The Hall–Kier alpha value is -2.26. The first-order valence-corrected chi connectivity index (χ1v) is 10.2. The quantitative estimate of drug-likeness (QED) is 0.803. The molecule has 8 nitrogen and oxygen atoms in total. The second-order valence-corrected chi connectivity index (χ2v) is 8.44. The van der Waals surface area contributed by atoms with E-state index in [9.17, 15) is 13.2 Å². The number of hydrogen-bond acceptors (Lipinski definition) is 5. The van der Waals surface area contributed by atoms with Crippen LogP contribution in [0.2, 0.25) is 0 Å². The van der Waals surface area contributed by atoms with Crippen LogP contribution in [0, 0.1) is 5.92 Å². The van der Waals surface area contributed by atoms with E-state index in [1.165, 1.54) is 6.20 Å². The van der Waals surface area contributed by atoms with Gasteiger partial charge in [-0.05, 0) is 30.9 Å². The van der Waals surface area contributed by atoms with Crippen LogP contribution in [-0.4, -0.2) is 52.8 Å². The third kappa shape index (κ3) is 4.89. The Morgan fingerprint density at radius 1 is 1.38 bits per heavy atom. The number of rotatable bonds is 6. The molecule has 0 spiro atoms. The van der Waals surface area contributed by atoms with E-state index in [0.717, 1.165) is 12.8 Å². The van der Waals surface area contributed by atoms with Crippen LogP contribution in [0.15, 0.2) is 36.8 Å². The Balaban J connectivity index is 1.56. The molecule has 1 N–H and O–H groups in total. The molecule has 0 aromatic carbocycles. The third-order valence-electron chi connectivity index (χ3n) is 4.41. The van der Waals surface area contributed by atoms with Crippen LogP contribution in [-0.2, 0) is 23.6 Å². The zero-order valence-corrected chi connectivity index (χ0v) is 15.5. The van der Waals surface area contributed by atoms with Crippen LogP contribution < -0.4 is 4.72 Å². The highest BCUT2D eigenvalue weighted by Crippen LogP contribution is 2.20. The average molecular weight is 377 g/mol. The number of nitrogens with zero attached hydrogens (tertiary/aromatic N) is 4. The summed E-state index contributed by atoms with van der Waals surface area (Å²) in [6.07, 6.45) is 6.44. The highest BCUT2D eigenvalue weighted by Gasteiger charge is 2.28. The van der Waals surface area contributed by atoms with Gasteiger partial charge in [0.25, 0.3) is 5.91 Å². The second-order valence-electron chi connectivity index (χ2n) is 6.59. The zero-order chi connectivity index (χ0) is 18.6. The molecule has 1 saturated heterocycles. The minimum absolute atomic E-state index is 0.0106. The number of nitrogens with one attached hydrogen (secondary N) is 1. The number of amides is 1. The number of carbonyl (C=O) groups excluding carboxylic acids is 1. The van der Waals surface area contributed by atoms with Crippen molar-refractivity contribution in [2.75, 3.05) is 18.8 Å². The monoisotopic (exact) mass is 377 g/mol. The Morgan fingerprint density at radius 3 is 2.92 bits per heavy atom. The Kier molecular flexibility index (Phi) is 5.67. The molecule has 26 heavy (non-hydrogen) atoms. The molecule has 1 aliphatic rings. The van der Waals surface area contributed by atoms with Crippen molar-refractivity contribution in [3.63, 3.8) is 0 Å². The van der Waals surface area contributed by atoms with Gasteiger partial charge in [-0.15, -0.1) is 0 Å². The number of pyridine rings is 1. The Morgan fingerprint density at radius 2 is 2.23 bits per heavy atom. The van der Waals surface area contributed by atoms with Crippen LogP contribution in [0.1, 0.15) is 28.9 Å². The van der Waals surface area contributed by atoms with E-state index >= 15 is 0 Å². The van der Waals surface area contributed by atoms with Crippen LogP contribution in [0.5, 0.6) is 0 Å². The summed E-state index contributed by atoms with van der Waals surface area (Å²) in [5.74, 6) is -0.163.